The molecule has 1 aromatic heterocycles. The van der Waals surface area contributed by atoms with Crippen LogP contribution in [0.2, 0.25) is 0 Å². The molecule has 1 amide bonds. The molecule has 2 aromatic rings. The number of amides is 1. The van der Waals surface area contributed by atoms with Gasteiger partial charge in [0.25, 0.3) is 0 Å². The van der Waals surface area contributed by atoms with Gasteiger partial charge in [-0.05, 0) is 68.9 Å². The van der Waals surface area contributed by atoms with Crippen LogP contribution in [0.15, 0.2) is 35.2 Å². The lowest BCUT2D eigenvalue weighted by Gasteiger charge is -2.34. The molecule has 34 heavy (non-hydrogen) atoms. The predicted molar refractivity (Wildman–Crippen MR) is 134 cm³/mol. The molecule has 8 heteroatoms. The van der Waals surface area contributed by atoms with Crippen LogP contribution in [-0.4, -0.2) is 55.8 Å². The maximum absolute atomic E-state index is 13.0. The van der Waals surface area contributed by atoms with E-state index in [1.165, 1.54) is 19.3 Å². The number of benzene rings is 1. The van der Waals surface area contributed by atoms with Gasteiger partial charge in [-0.2, -0.15) is 4.31 Å². The lowest BCUT2D eigenvalue weighted by Crippen LogP contribution is -2.46. The number of nitrogens with zero attached hydrogens (tertiary/aromatic N) is 3. The van der Waals surface area contributed by atoms with Gasteiger partial charge in [-0.15, -0.1) is 0 Å². The second-order valence-electron chi connectivity index (χ2n) is 10.1. The predicted octanol–water partition coefficient (Wildman–Crippen LogP) is 4.07. The summed E-state index contributed by atoms with van der Waals surface area (Å²) >= 11 is 0. The van der Waals surface area contributed by atoms with Crippen molar-refractivity contribution in [3.05, 3.63) is 30.3 Å². The zero-order valence-electron chi connectivity index (χ0n) is 19.9. The number of carbonyl (C=O) groups excluding carboxylic acids is 1. The first-order chi connectivity index (χ1) is 16.5. The highest BCUT2D eigenvalue weighted by Gasteiger charge is 2.29. The van der Waals surface area contributed by atoms with Crippen LogP contribution >= 0.6 is 0 Å². The molecule has 3 fully saturated rings. The first-order valence-corrected chi connectivity index (χ1v) is 14.4. The number of hydrogen-bond donors (Lipinski definition) is 1. The summed E-state index contributed by atoms with van der Waals surface area (Å²) in [6.45, 7) is 2.76. The quantitative estimate of drug-likeness (QED) is 0.692. The lowest BCUT2D eigenvalue weighted by molar-refractivity contribution is -0.126. The van der Waals surface area contributed by atoms with Crippen LogP contribution < -0.4 is 10.2 Å². The molecule has 1 N–H and O–H groups in total. The number of carbonyl (C=O) groups is 1. The van der Waals surface area contributed by atoms with E-state index in [0.717, 1.165) is 68.2 Å². The Morgan fingerprint density at radius 3 is 2.44 bits per heavy atom. The Labute approximate surface area is 203 Å². The van der Waals surface area contributed by atoms with Crippen LogP contribution in [0.1, 0.15) is 64.2 Å². The van der Waals surface area contributed by atoms with Gasteiger partial charge in [0.05, 0.1) is 16.3 Å². The number of sulfonamides is 1. The zero-order chi connectivity index (χ0) is 23.5. The summed E-state index contributed by atoms with van der Waals surface area (Å²) in [4.78, 5) is 20.3. The van der Waals surface area contributed by atoms with E-state index in [9.17, 15) is 13.2 Å². The van der Waals surface area contributed by atoms with E-state index < -0.39 is 10.0 Å². The second-order valence-corrected chi connectivity index (χ2v) is 12.1. The molecule has 3 aliphatic rings. The fourth-order valence-electron chi connectivity index (χ4n) is 5.65. The molecule has 0 spiro atoms. The molecule has 1 aliphatic carbocycles. The fraction of sp³-hybridized carbons (Fsp3) is 0.615. The van der Waals surface area contributed by atoms with E-state index in [-0.39, 0.29) is 11.8 Å². The van der Waals surface area contributed by atoms with E-state index in [1.54, 1.807) is 16.4 Å². The molecular weight excluding hydrogens is 448 g/mol. The number of rotatable bonds is 5. The number of fused-ring (bicyclic) bond motifs is 1. The van der Waals surface area contributed by atoms with Crippen molar-refractivity contribution >= 4 is 32.7 Å². The summed E-state index contributed by atoms with van der Waals surface area (Å²) in [5.41, 5.74) is 0.781. The Bertz CT molecular complexity index is 1120. The minimum absolute atomic E-state index is 0.00904. The van der Waals surface area contributed by atoms with Gasteiger partial charge < -0.3 is 10.2 Å². The van der Waals surface area contributed by atoms with Crippen molar-refractivity contribution < 1.29 is 13.2 Å². The second kappa shape index (κ2) is 10.2. The van der Waals surface area contributed by atoms with Crippen molar-refractivity contribution in [1.29, 1.82) is 0 Å². The average molecular weight is 485 g/mol. The highest BCUT2D eigenvalue weighted by Crippen LogP contribution is 2.28. The van der Waals surface area contributed by atoms with E-state index in [2.05, 4.69) is 10.2 Å². The van der Waals surface area contributed by atoms with Gasteiger partial charge >= 0.3 is 0 Å². The van der Waals surface area contributed by atoms with E-state index in [0.29, 0.717) is 30.6 Å². The van der Waals surface area contributed by atoms with Gasteiger partial charge in [-0.3, -0.25) is 4.79 Å². The molecule has 0 unspecified atom stereocenters. The topological polar surface area (TPSA) is 82.6 Å². The number of anilines is 1. The normalized spacial score (nSPS) is 23.2. The Kier molecular flexibility index (Phi) is 7.06. The van der Waals surface area contributed by atoms with Gasteiger partial charge in [0.1, 0.15) is 5.82 Å². The first kappa shape index (κ1) is 23.5. The number of aromatic nitrogens is 1. The molecule has 184 valence electrons. The van der Waals surface area contributed by atoms with Crippen LogP contribution in [0.5, 0.6) is 0 Å². The Balaban J connectivity index is 1.29. The van der Waals surface area contributed by atoms with Crippen LogP contribution in [-0.2, 0) is 14.8 Å². The molecule has 2 saturated heterocycles. The van der Waals surface area contributed by atoms with Crippen molar-refractivity contribution in [1.82, 2.24) is 14.6 Å². The monoisotopic (exact) mass is 484 g/mol. The summed E-state index contributed by atoms with van der Waals surface area (Å²) in [5, 5.41) is 4.12. The van der Waals surface area contributed by atoms with Crippen LogP contribution in [0.4, 0.5) is 5.82 Å². The summed E-state index contributed by atoms with van der Waals surface area (Å²) in [5.74, 6) is 1.03. The average Bonchev–Trinajstić information content (AvgIpc) is 2.89. The maximum Gasteiger partial charge on any atom is 0.243 e. The van der Waals surface area contributed by atoms with Crippen molar-refractivity contribution in [2.45, 2.75) is 75.1 Å². The number of pyridine rings is 1. The minimum atomic E-state index is -3.46. The molecule has 2 aliphatic heterocycles. The molecule has 1 atom stereocenters. The zero-order valence-corrected chi connectivity index (χ0v) is 20.7. The Hall–Kier alpha value is -2.19. The van der Waals surface area contributed by atoms with E-state index >= 15 is 0 Å². The van der Waals surface area contributed by atoms with Gasteiger partial charge in [0.2, 0.25) is 15.9 Å². The molecule has 7 nitrogen and oxygen atoms in total. The van der Waals surface area contributed by atoms with Crippen molar-refractivity contribution in [2.24, 2.45) is 5.92 Å². The molecular formula is C26H36N4O3S. The van der Waals surface area contributed by atoms with E-state index in [4.69, 9.17) is 4.98 Å². The van der Waals surface area contributed by atoms with Gasteiger partial charge in [-0.1, -0.05) is 25.7 Å². The fourth-order valence-corrected chi connectivity index (χ4v) is 7.20. The van der Waals surface area contributed by atoms with Gasteiger partial charge in [0.15, 0.2) is 0 Å². The van der Waals surface area contributed by atoms with Crippen LogP contribution in [0, 0.1) is 5.92 Å². The summed E-state index contributed by atoms with van der Waals surface area (Å²) in [6.07, 6.45) is 10.7. The third kappa shape index (κ3) is 5.08. The maximum atomic E-state index is 13.0. The van der Waals surface area contributed by atoms with E-state index in [1.807, 2.05) is 18.2 Å². The smallest absolute Gasteiger partial charge is 0.243 e. The largest absolute Gasteiger partial charge is 0.356 e. The molecule has 3 heterocycles. The van der Waals surface area contributed by atoms with Crippen LogP contribution in [0.25, 0.3) is 10.9 Å². The van der Waals surface area contributed by atoms with Crippen molar-refractivity contribution in [2.75, 3.05) is 31.1 Å². The highest BCUT2D eigenvalue weighted by atomic mass is 32.2. The number of piperidine rings is 2. The number of hydrogen-bond acceptors (Lipinski definition) is 5. The highest BCUT2D eigenvalue weighted by molar-refractivity contribution is 7.89. The Morgan fingerprint density at radius 2 is 1.65 bits per heavy atom. The van der Waals surface area contributed by atoms with Gasteiger partial charge in [-0.25, -0.2) is 13.4 Å². The SMILES string of the molecule is O=C(NC1CCCCC1)[C@@H]1CCCN(c2ccc3cc(S(=O)(=O)N4CCCCC4)ccc3n2)C1. The summed E-state index contributed by atoms with van der Waals surface area (Å²) in [6, 6.07) is 9.49. The molecule has 1 saturated carbocycles. The summed E-state index contributed by atoms with van der Waals surface area (Å²) < 4.78 is 27.7. The number of nitrogens with one attached hydrogen (secondary N) is 1. The lowest BCUT2D eigenvalue weighted by atomic mass is 9.93. The molecule has 0 bridgehead atoms. The first-order valence-electron chi connectivity index (χ1n) is 13.0. The molecule has 1 aromatic carbocycles. The minimum Gasteiger partial charge on any atom is -0.356 e. The van der Waals surface area contributed by atoms with Crippen molar-refractivity contribution in [3.8, 4) is 0 Å². The standard InChI is InChI=1S/C26H36N4O3S/c31-26(27-22-9-3-1-4-10-22)21-8-7-15-29(19-21)25-14-11-20-18-23(12-13-24(20)28-25)34(32,33)30-16-5-2-6-17-30/h11-14,18,21-22H,1-10,15-17,19H2,(H,27,31)/t21-/m1/s1. The third-order valence-corrected chi connectivity index (χ3v) is 9.56. The third-order valence-electron chi connectivity index (χ3n) is 7.67. The van der Waals surface area contributed by atoms with Crippen LogP contribution in [0.3, 0.4) is 0 Å². The Morgan fingerprint density at radius 1 is 0.882 bits per heavy atom. The van der Waals surface area contributed by atoms with Crippen molar-refractivity contribution in [3.63, 3.8) is 0 Å². The molecule has 5 rings (SSSR count). The summed E-state index contributed by atoms with van der Waals surface area (Å²) in [7, 11) is -3.46. The molecule has 0 radical (unpaired) electrons. The van der Waals surface area contributed by atoms with Gasteiger partial charge in [0, 0.05) is 37.6 Å².